The first kappa shape index (κ1) is 16.7. The third-order valence-electron chi connectivity index (χ3n) is 3.67. The standard InChI is InChI=1S/C13H18BrFN2O3S/c14-10-6-13(12(16)7-11(10)15)21(19,20)17-5-3-1-2-4-9(17)8-18/h6-7,9,18H,1-5,8,16H2. The van der Waals surface area contributed by atoms with E-state index >= 15 is 0 Å². The van der Waals surface area contributed by atoms with Crippen molar-refractivity contribution in [1.29, 1.82) is 0 Å². The first-order chi connectivity index (χ1) is 9.87. The van der Waals surface area contributed by atoms with Crippen molar-refractivity contribution >= 4 is 31.6 Å². The number of halogens is 2. The number of benzene rings is 1. The van der Waals surface area contributed by atoms with Crippen LogP contribution in [0.15, 0.2) is 21.5 Å². The van der Waals surface area contributed by atoms with Crippen LogP contribution in [0.2, 0.25) is 0 Å². The predicted molar refractivity (Wildman–Crippen MR) is 81.7 cm³/mol. The van der Waals surface area contributed by atoms with Crippen LogP contribution in [0.4, 0.5) is 10.1 Å². The van der Waals surface area contributed by atoms with Crippen LogP contribution >= 0.6 is 15.9 Å². The Bertz CT molecular complexity index is 624. The number of hydrogen-bond donors (Lipinski definition) is 2. The maximum absolute atomic E-state index is 13.4. The normalized spacial score (nSPS) is 21.2. The minimum absolute atomic E-state index is 0.0469. The highest BCUT2D eigenvalue weighted by Gasteiger charge is 2.33. The number of sulfonamides is 1. The molecule has 1 aromatic rings. The molecule has 5 nitrogen and oxygen atoms in total. The average Bonchev–Trinajstić information content (AvgIpc) is 2.68. The molecule has 0 spiro atoms. The third kappa shape index (κ3) is 3.39. The Hall–Kier alpha value is -0.700. The summed E-state index contributed by atoms with van der Waals surface area (Å²) in [6.45, 7) is 0.101. The highest BCUT2D eigenvalue weighted by Crippen LogP contribution is 2.31. The monoisotopic (exact) mass is 380 g/mol. The number of hydrogen-bond acceptors (Lipinski definition) is 4. The second kappa shape index (κ2) is 6.60. The Morgan fingerprint density at radius 3 is 2.76 bits per heavy atom. The molecule has 0 bridgehead atoms. The summed E-state index contributed by atoms with van der Waals surface area (Å²) in [7, 11) is -3.86. The molecule has 1 fully saturated rings. The molecule has 118 valence electrons. The zero-order valence-electron chi connectivity index (χ0n) is 11.4. The van der Waals surface area contributed by atoms with Crippen molar-refractivity contribution in [3.05, 3.63) is 22.4 Å². The zero-order valence-corrected chi connectivity index (χ0v) is 13.8. The van der Waals surface area contributed by atoms with Crippen molar-refractivity contribution in [2.75, 3.05) is 18.9 Å². The van der Waals surface area contributed by atoms with Crippen molar-refractivity contribution in [3.8, 4) is 0 Å². The topological polar surface area (TPSA) is 83.6 Å². The summed E-state index contributed by atoms with van der Waals surface area (Å²) in [4.78, 5) is -0.129. The van der Waals surface area contributed by atoms with Gasteiger partial charge in [-0.2, -0.15) is 4.31 Å². The molecule has 1 atom stereocenters. The maximum Gasteiger partial charge on any atom is 0.245 e. The van der Waals surface area contributed by atoms with Gasteiger partial charge in [0.2, 0.25) is 10.0 Å². The maximum atomic E-state index is 13.4. The van der Waals surface area contributed by atoms with Crippen LogP contribution in [0.3, 0.4) is 0 Å². The number of nitrogen functional groups attached to an aromatic ring is 1. The van der Waals surface area contributed by atoms with E-state index in [4.69, 9.17) is 5.73 Å². The minimum atomic E-state index is -3.86. The lowest BCUT2D eigenvalue weighted by Gasteiger charge is -2.28. The second-order valence-corrected chi connectivity index (χ2v) is 7.82. The van der Waals surface area contributed by atoms with E-state index in [0.717, 1.165) is 25.3 Å². The van der Waals surface area contributed by atoms with Crippen molar-refractivity contribution in [2.24, 2.45) is 0 Å². The van der Waals surface area contributed by atoms with Gasteiger partial charge in [-0.25, -0.2) is 12.8 Å². The lowest BCUT2D eigenvalue weighted by atomic mass is 10.1. The van der Waals surface area contributed by atoms with Crippen molar-refractivity contribution in [1.82, 2.24) is 4.31 Å². The predicted octanol–water partition coefficient (Wildman–Crippen LogP) is 2.10. The minimum Gasteiger partial charge on any atom is -0.398 e. The molecule has 1 aromatic carbocycles. The molecule has 0 aliphatic carbocycles. The summed E-state index contributed by atoms with van der Waals surface area (Å²) >= 11 is 2.98. The molecule has 1 unspecified atom stereocenters. The molecule has 2 rings (SSSR count). The van der Waals surface area contributed by atoms with Gasteiger partial charge in [0.05, 0.1) is 16.8 Å². The lowest BCUT2D eigenvalue weighted by Crippen LogP contribution is -2.42. The van der Waals surface area contributed by atoms with Gasteiger partial charge >= 0.3 is 0 Å². The SMILES string of the molecule is Nc1cc(F)c(Br)cc1S(=O)(=O)N1CCCCCC1CO. The molecule has 1 saturated heterocycles. The number of nitrogens with two attached hydrogens (primary N) is 1. The van der Waals surface area contributed by atoms with E-state index in [1.54, 1.807) is 0 Å². The van der Waals surface area contributed by atoms with Crippen molar-refractivity contribution in [2.45, 2.75) is 36.6 Å². The molecular formula is C13H18BrFN2O3S. The van der Waals surface area contributed by atoms with Gasteiger partial charge in [-0.05, 0) is 40.9 Å². The Morgan fingerprint density at radius 2 is 2.10 bits per heavy atom. The van der Waals surface area contributed by atoms with Crippen LogP contribution in [0.1, 0.15) is 25.7 Å². The van der Waals surface area contributed by atoms with Crippen molar-refractivity contribution < 1.29 is 17.9 Å². The summed E-state index contributed by atoms with van der Waals surface area (Å²) in [6.07, 6.45) is 3.14. The second-order valence-electron chi connectivity index (χ2n) is 5.11. The Labute approximate surface area is 132 Å². The van der Waals surface area contributed by atoms with E-state index in [1.807, 2.05) is 0 Å². The first-order valence-corrected chi connectivity index (χ1v) is 8.98. The molecular weight excluding hydrogens is 363 g/mol. The quantitative estimate of drug-likeness (QED) is 0.786. The van der Waals surface area contributed by atoms with Crippen LogP contribution < -0.4 is 5.73 Å². The molecule has 3 N–H and O–H groups in total. The van der Waals surface area contributed by atoms with Gasteiger partial charge in [0.25, 0.3) is 0 Å². The van der Waals surface area contributed by atoms with E-state index < -0.39 is 21.9 Å². The fourth-order valence-electron chi connectivity index (χ4n) is 2.54. The van der Waals surface area contributed by atoms with Crippen LogP contribution in [0.25, 0.3) is 0 Å². The molecule has 1 aliphatic heterocycles. The van der Waals surface area contributed by atoms with E-state index in [1.165, 1.54) is 10.4 Å². The molecule has 0 radical (unpaired) electrons. The van der Waals surface area contributed by atoms with Gasteiger partial charge in [-0.1, -0.05) is 12.8 Å². The summed E-state index contributed by atoms with van der Waals surface area (Å²) in [6, 6.07) is 1.71. The largest absolute Gasteiger partial charge is 0.398 e. The Kier molecular flexibility index (Phi) is 5.24. The van der Waals surface area contributed by atoms with E-state index in [2.05, 4.69) is 15.9 Å². The fourth-order valence-corrected chi connectivity index (χ4v) is 4.85. The van der Waals surface area contributed by atoms with E-state index in [9.17, 15) is 17.9 Å². The summed E-state index contributed by atoms with van der Waals surface area (Å²) in [5.74, 6) is -0.610. The lowest BCUT2D eigenvalue weighted by molar-refractivity contribution is 0.186. The number of aliphatic hydroxyl groups is 1. The van der Waals surface area contributed by atoms with Crippen molar-refractivity contribution in [3.63, 3.8) is 0 Å². The summed E-state index contributed by atoms with van der Waals surface area (Å²) < 4.78 is 40.3. The van der Waals surface area contributed by atoms with Gasteiger partial charge in [0.15, 0.2) is 0 Å². The van der Waals surface area contributed by atoms with Gasteiger partial charge in [-0.15, -0.1) is 0 Å². The van der Waals surface area contributed by atoms with Crippen LogP contribution in [0, 0.1) is 5.82 Å². The average molecular weight is 381 g/mol. The summed E-state index contributed by atoms with van der Waals surface area (Å²) in [5.41, 5.74) is 5.55. The third-order valence-corrected chi connectivity index (χ3v) is 6.29. The molecule has 8 heteroatoms. The molecule has 21 heavy (non-hydrogen) atoms. The Morgan fingerprint density at radius 1 is 1.38 bits per heavy atom. The molecule has 1 heterocycles. The van der Waals surface area contributed by atoms with Gasteiger partial charge in [0, 0.05) is 12.6 Å². The van der Waals surface area contributed by atoms with Crippen LogP contribution in [0.5, 0.6) is 0 Å². The molecule has 0 saturated carbocycles. The number of anilines is 1. The number of nitrogens with zero attached hydrogens (tertiary/aromatic N) is 1. The van der Waals surface area contributed by atoms with Gasteiger partial charge in [-0.3, -0.25) is 0 Å². The van der Waals surface area contributed by atoms with E-state index in [0.29, 0.717) is 13.0 Å². The Balaban J connectivity index is 2.47. The smallest absolute Gasteiger partial charge is 0.245 e. The zero-order chi connectivity index (χ0) is 15.6. The fraction of sp³-hybridized carbons (Fsp3) is 0.538. The molecule has 0 amide bonds. The first-order valence-electron chi connectivity index (χ1n) is 6.75. The van der Waals surface area contributed by atoms with Crippen LogP contribution in [-0.2, 0) is 10.0 Å². The highest BCUT2D eigenvalue weighted by molar-refractivity contribution is 9.10. The van der Waals surface area contributed by atoms with Gasteiger partial charge in [0.1, 0.15) is 10.7 Å². The number of aliphatic hydroxyl groups excluding tert-OH is 1. The molecule has 1 aliphatic rings. The number of rotatable bonds is 3. The van der Waals surface area contributed by atoms with E-state index in [-0.39, 0.29) is 21.7 Å². The van der Waals surface area contributed by atoms with Gasteiger partial charge < -0.3 is 10.8 Å². The van der Waals surface area contributed by atoms with Crippen LogP contribution in [-0.4, -0.2) is 37.0 Å². The highest BCUT2D eigenvalue weighted by atomic mass is 79.9. The molecule has 0 aromatic heterocycles. The summed E-state index contributed by atoms with van der Waals surface area (Å²) in [5, 5.41) is 9.46.